The number of amides is 1. The molecule has 0 spiro atoms. The number of piperidine rings is 1. The number of rotatable bonds is 5. The molecule has 1 aromatic carbocycles. The number of likely N-dealkylation sites (tertiary alicyclic amines) is 1. The quantitative estimate of drug-likeness (QED) is 0.455. The Labute approximate surface area is 184 Å². The summed E-state index contributed by atoms with van der Waals surface area (Å²) in [7, 11) is 0. The van der Waals surface area contributed by atoms with Gasteiger partial charge in [0.1, 0.15) is 5.76 Å². The first-order valence-electron chi connectivity index (χ1n) is 10.4. The molecule has 1 aliphatic heterocycles. The fourth-order valence-electron chi connectivity index (χ4n) is 4.03. The van der Waals surface area contributed by atoms with Crippen molar-refractivity contribution in [1.29, 1.82) is 0 Å². The third-order valence-corrected chi connectivity index (χ3v) is 6.33. The Morgan fingerprint density at radius 1 is 1.13 bits per heavy atom. The van der Waals surface area contributed by atoms with Crippen LogP contribution in [0.3, 0.4) is 0 Å². The van der Waals surface area contributed by atoms with E-state index >= 15 is 0 Å². The predicted molar refractivity (Wildman–Crippen MR) is 119 cm³/mol. The van der Waals surface area contributed by atoms with Crippen molar-refractivity contribution in [3.63, 3.8) is 0 Å². The largest absolute Gasteiger partial charge is 0.445 e. The molecule has 0 radical (unpaired) electrons. The van der Waals surface area contributed by atoms with Gasteiger partial charge in [0, 0.05) is 31.9 Å². The molecule has 1 saturated heterocycles. The van der Waals surface area contributed by atoms with Crippen molar-refractivity contribution in [3.8, 4) is 10.6 Å². The van der Waals surface area contributed by atoms with Crippen molar-refractivity contribution in [3.05, 3.63) is 89.3 Å². The lowest BCUT2D eigenvalue weighted by atomic mass is 9.97. The molecule has 31 heavy (non-hydrogen) atoms. The van der Waals surface area contributed by atoms with E-state index < -0.39 is 0 Å². The molecule has 1 fully saturated rings. The van der Waals surface area contributed by atoms with Gasteiger partial charge in [-0.25, -0.2) is 4.98 Å². The average molecular weight is 431 g/mol. The molecule has 0 aliphatic carbocycles. The fourth-order valence-corrected chi connectivity index (χ4v) is 4.66. The van der Waals surface area contributed by atoms with Crippen LogP contribution >= 0.6 is 11.3 Å². The molecule has 4 heterocycles. The highest BCUT2D eigenvalue weighted by molar-refractivity contribution is 7.13. The van der Waals surface area contributed by atoms with Crippen molar-refractivity contribution in [1.82, 2.24) is 19.9 Å². The minimum Gasteiger partial charge on any atom is -0.445 e. The fraction of sp³-hybridized carbons (Fsp3) is 0.250. The highest BCUT2D eigenvalue weighted by Crippen LogP contribution is 2.30. The lowest BCUT2D eigenvalue weighted by Crippen LogP contribution is -2.39. The van der Waals surface area contributed by atoms with Crippen molar-refractivity contribution >= 4 is 17.2 Å². The Morgan fingerprint density at radius 3 is 2.87 bits per heavy atom. The minimum absolute atomic E-state index is 0.00253. The van der Waals surface area contributed by atoms with Crippen LogP contribution in [-0.4, -0.2) is 38.8 Å². The molecule has 5 rings (SSSR count). The average Bonchev–Trinajstić information content (AvgIpc) is 3.52. The second-order valence-electron chi connectivity index (χ2n) is 7.68. The lowest BCUT2D eigenvalue weighted by molar-refractivity contribution is 0.0698. The number of carbonyl (C=O) groups excluding carboxylic acids is 1. The third-order valence-electron chi connectivity index (χ3n) is 5.55. The summed E-state index contributed by atoms with van der Waals surface area (Å²) < 4.78 is 6.08. The first-order chi connectivity index (χ1) is 15.3. The van der Waals surface area contributed by atoms with E-state index in [-0.39, 0.29) is 11.8 Å². The van der Waals surface area contributed by atoms with Gasteiger partial charge in [-0.3, -0.25) is 14.8 Å². The van der Waals surface area contributed by atoms with E-state index in [9.17, 15) is 4.79 Å². The number of benzene rings is 1. The topological polar surface area (TPSA) is 72.1 Å². The Hall–Kier alpha value is -3.32. The number of pyridine rings is 1. The summed E-state index contributed by atoms with van der Waals surface area (Å²) in [4.78, 5) is 29.3. The van der Waals surface area contributed by atoms with Crippen LogP contribution in [0.15, 0.2) is 71.0 Å². The highest BCUT2D eigenvalue weighted by Gasteiger charge is 2.30. The summed E-state index contributed by atoms with van der Waals surface area (Å²) in [6.07, 6.45) is 7.88. The molecule has 156 valence electrons. The summed E-state index contributed by atoms with van der Waals surface area (Å²) in [6.45, 7) is 1.32. The maximum absolute atomic E-state index is 13.4. The van der Waals surface area contributed by atoms with Crippen LogP contribution < -0.4 is 0 Å². The third kappa shape index (κ3) is 4.27. The predicted octanol–water partition coefficient (Wildman–Crippen LogP) is 4.80. The SMILES string of the molecule is O=C(c1cccnc1-c1cncs1)N1CCC[C@H](c2ncc(Cc3ccccc3)o2)C1. The van der Waals surface area contributed by atoms with Crippen LogP contribution in [0.25, 0.3) is 10.6 Å². The van der Waals surface area contributed by atoms with Crippen LogP contribution in [0.1, 0.15) is 46.3 Å². The van der Waals surface area contributed by atoms with E-state index in [4.69, 9.17) is 4.42 Å². The molecule has 0 saturated carbocycles. The number of carbonyl (C=O) groups is 1. The van der Waals surface area contributed by atoms with Gasteiger partial charge in [0.05, 0.1) is 33.8 Å². The molecule has 0 N–H and O–H groups in total. The molecule has 7 heteroatoms. The number of oxazole rings is 1. The standard InChI is InChI=1S/C24H22N4O2S/c29-24(20-9-4-10-26-22(20)21-14-25-16-31-21)28-11-5-8-18(15-28)23-27-13-19(30-23)12-17-6-2-1-3-7-17/h1-4,6-7,9-10,13-14,16,18H,5,8,11-12,15H2/t18-/m0/s1. The molecule has 4 aromatic rings. The zero-order valence-corrected chi connectivity index (χ0v) is 17.8. The molecule has 0 unspecified atom stereocenters. The molecular weight excluding hydrogens is 408 g/mol. The van der Waals surface area contributed by atoms with E-state index in [1.807, 2.05) is 41.4 Å². The van der Waals surface area contributed by atoms with E-state index in [0.29, 0.717) is 17.8 Å². The molecule has 1 amide bonds. The highest BCUT2D eigenvalue weighted by atomic mass is 32.1. The van der Waals surface area contributed by atoms with Crippen LogP contribution in [0.4, 0.5) is 0 Å². The van der Waals surface area contributed by atoms with Crippen molar-refractivity contribution in [2.24, 2.45) is 0 Å². The van der Waals surface area contributed by atoms with Crippen molar-refractivity contribution < 1.29 is 9.21 Å². The van der Waals surface area contributed by atoms with Crippen molar-refractivity contribution in [2.75, 3.05) is 13.1 Å². The van der Waals surface area contributed by atoms with Gasteiger partial charge in [0.2, 0.25) is 0 Å². The van der Waals surface area contributed by atoms with Gasteiger partial charge in [0.15, 0.2) is 5.89 Å². The second kappa shape index (κ2) is 8.81. The number of thiazole rings is 1. The van der Waals surface area contributed by atoms with Gasteiger partial charge >= 0.3 is 0 Å². The van der Waals surface area contributed by atoms with E-state index in [0.717, 1.165) is 42.3 Å². The number of hydrogen-bond donors (Lipinski definition) is 0. The summed E-state index contributed by atoms with van der Waals surface area (Å²) in [5.74, 6) is 1.67. The van der Waals surface area contributed by atoms with Crippen LogP contribution in [0.2, 0.25) is 0 Å². The zero-order valence-electron chi connectivity index (χ0n) is 17.0. The van der Waals surface area contributed by atoms with Gasteiger partial charge < -0.3 is 9.32 Å². The maximum atomic E-state index is 13.4. The van der Waals surface area contributed by atoms with Crippen molar-refractivity contribution in [2.45, 2.75) is 25.2 Å². The zero-order chi connectivity index (χ0) is 21.0. The molecule has 0 bridgehead atoms. The Balaban J connectivity index is 1.32. The van der Waals surface area contributed by atoms with Crippen LogP contribution in [0.5, 0.6) is 0 Å². The Morgan fingerprint density at radius 2 is 2.03 bits per heavy atom. The van der Waals surface area contributed by atoms with Gasteiger partial charge in [-0.15, -0.1) is 11.3 Å². The Kier molecular flexibility index (Phi) is 5.58. The number of nitrogens with zero attached hydrogens (tertiary/aromatic N) is 4. The van der Waals surface area contributed by atoms with E-state index in [2.05, 4.69) is 27.1 Å². The second-order valence-corrected chi connectivity index (χ2v) is 8.57. The smallest absolute Gasteiger partial charge is 0.256 e. The van der Waals surface area contributed by atoms with Gasteiger partial charge in [-0.2, -0.15) is 0 Å². The normalized spacial score (nSPS) is 16.4. The summed E-state index contributed by atoms with van der Waals surface area (Å²) in [5.41, 5.74) is 4.26. The minimum atomic E-state index is -0.00253. The summed E-state index contributed by atoms with van der Waals surface area (Å²) >= 11 is 1.49. The molecule has 6 nitrogen and oxygen atoms in total. The summed E-state index contributed by atoms with van der Waals surface area (Å²) in [5, 5.41) is 0. The first kappa shape index (κ1) is 19.6. The molecular formula is C24H22N4O2S. The Bertz CT molecular complexity index is 1160. The number of hydrogen-bond acceptors (Lipinski definition) is 6. The van der Waals surface area contributed by atoms with E-state index in [1.165, 1.54) is 16.9 Å². The van der Waals surface area contributed by atoms with E-state index in [1.54, 1.807) is 17.9 Å². The van der Waals surface area contributed by atoms with Gasteiger partial charge in [0.25, 0.3) is 5.91 Å². The molecule has 1 atom stereocenters. The monoisotopic (exact) mass is 430 g/mol. The van der Waals surface area contributed by atoms with Gasteiger partial charge in [-0.1, -0.05) is 30.3 Å². The number of aromatic nitrogens is 3. The van der Waals surface area contributed by atoms with Crippen LogP contribution in [-0.2, 0) is 6.42 Å². The summed E-state index contributed by atoms with van der Waals surface area (Å²) in [6, 6.07) is 13.9. The van der Waals surface area contributed by atoms with Gasteiger partial charge in [-0.05, 0) is 30.5 Å². The maximum Gasteiger partial charge on any atom is 0.256 e. The lowest BCUT2D eigenvalue weighted by Gasteiger charge is -2.31. The van der Waals surface area contributed by atoms with Crippen LogP contribution in [0, 0.1) is 0 Å². The molecule has 1 aliphatic rings. The first-order valence-corrected chi connectivity index (χ1v) is 11.3. The molecule has 3 aromatic heterocycles.